The van der Waals surface area contributed by atoms with Crippen LogP contribution in [0, 0.1) is 5.92 Å². The Kier molecular flexibility index (Phi) is 2.53. The van der Waals surface area contributed by atoms with E-state index in [0.717, 1.165) is 0 Å². The molecule has 1 aliphatic heterocycles. The summed E-state index contributed by atoms with van der Waals surface area (Å²) < 4.78 is 24.1. The Bertz CT molecular complexity index is 281. The Labute approximate surface area is 72.4 Å². The number of Topliss-reactive ketones (excluding diaryl/α,β-unsaturated/α-hetero) is 1. The highest BCUT2D eigenvalue weighted by atomic mass is 32.2. The second kappa shape index (κ2) is 3.14. The summed E-state index contributed by atoms with van der Waals surface area (Å²) in [6, 6.07) is -0.477. The Morgan fingerprint density at radius 1 is 1.58 bits per heavy atom. The third-order valence-corrected chi connectivity index (χ3v) is 3.06. The average Bonchev–Trinajstić information content (AvgIpc) is 2.03. The van der Waals surface area contributed by atoms with Gasteiger partial charge >= 0.3 is 0 Å². The molecule has 1 rings (SSSR count). The monoisotopic (exact) mass is 191 g/mol. The van der Waals surface area contributed by atoms with Crippen molar-refractivity contribution in [3.63, 3.8) is 0 Å². The van der Waals surface area contributed by atoms with Crippen LogP contribution >= 0.6 is 0 Å². The van der Waals surface area contributed by atoms with Crippen LogP contribution in [0.25, 0.3) is 0 Å². The van der Waals surface area contributed by atoms with Gasteiger partial charge in [-0.15, -0.1) is 0 Å². The van der Waals surface area contributed by atoms with E-state index in [1.54, 1.807) is 0 Å². The van der Waals surface area contributed by atoms with Gasteiger partial charge in [-0.25, -0.2) is 13.1 Å². The third kappa shape index (κ3) is 2.28. The minimum atomic E-state index is -3.29. The Balaban J connectivity index is 2.65. The highest BCUT2D eigenvalue weighted by Crippen LogP contribution is 2.12. The molecular weight excluding hydrogens is 178 g/mol. The molecule has 1 heterocycles. The smallest absolute Gasteiger partial charge is 0.219 e. The van der Waals surface area contributed by atoms with Crippen LogP contribution in [0.1, 0.15) is 20.3 Å². The van der Waals surface area contributed by atoms with Crippen molar-refractivity contribution in [3.8, 4) is 0 Å². The van der Waals surface area contributed by atoms with E-state index in [1.807, 2.05) is 13.8 Å². The van der Waals surface area contributed by atoms with E-state index in [4.69, 9.17) is 0 Å². The first kappa shape index (κ1) is 9.67. The van der Waals surface area contributed by atoms with Gasteiger partial charge in [0.15, 0.2) is 5.78 Å². The molecule has 1 fully saturated rings. The quantitative estimate of drug-likeness (QED) is 0.663. The van der Waals surface area contributed by atoms with Gasteiger partial charge in [-0.05, 0) is 12.3 Å². The summed E-state index contributed by atoms with van der Waals surface area (Å²) in [5.74, 6) is -0.215. The lowest BCUT2D eigenvalue weighted by Gasteiger charge is -2.09. The number of sulfonamides is 1. The van der Waals surface area contributed by atoms with E-state index in [0.29, 0.717) is 12.3 Å². The van der Waals surface area contributed by atoms with Crippen molar-refractivity contribution >= 4 is 15.8 Å². The number of hydrogen-bond acceptors (Lipinski definition) is 3. The summed E-state index contributed by atoms with van der Waals surface area (Å²) in [5, 5.41) is 0. The van der Waals surface area contributed by atoms with Crippen LogP contribution in [-0.4, -0.2) is 26.0 Å². The minimum Gasteiger partial charge on any atom is -0.297 e. The highest BCUT2D eigenvalue weighted by Gasteiger charge is 2.34. The van der Waals surface area contributed by atoms with Gasteiger partial charge in [0.05, 0.1) is 6.04 Å². The maximum atomic E-state index is 11.1. The molecular formula is C7H13NO3S. The fraction of sp³-hybridized carbons (Fsp3) is 0.857. The molecule has 0 aromatic rings. The second-order valence-electron chi connectivity index (χ2n) is 3.53. The molecule has 0 spiro atoms. The largest absolute Gasteiger partial charge is 0.297 e. The van der Waals surface area contributed by atoms with Crippen LogP contribution < -0.4 is 4.72 Å². The van der Waals surface area contributed by atoms with E-state index in [-0.39, 0.29) is 11.5 Å². The summed E-state index contributed by atoms with van der Waals surface area (Å²) in [5.41, 5.74) is 0. The van der Waals surface area contributed by atoms with Gasteiger partial charge in [0.25, 0.3) is 0 Å². The average molecular weight is 191 g/mol. The van der Waals surface area contributed by atoms with Crippen molar-refractivity contribution in [2.45, 2.75) is 26.3 Å². The maximum absolute atomic E-state index is 11.1. The summed E-state index contributed by atoms with van der Waals surface area (Å²) >= 11 is 0. The van der Waals surface area contributed by atoms with Crippen LogP contribution in [0.15, 0.2) is 0 Å². The predicted octanol–water partition coefficient (Wildman–Crippen LogP) is -0.0968. The van der Waals surface area contributed by atoms with Crippen molar-refractivity contribution in [2.75, 3.05) is 5.75 Å². The number of ketones is 1. The molecule has 1 N–H and O–H groups in total. The number of nitrogens with one attached hydrogen (secondary N) is 1. The van der Waals surface area contributed by atoms with Crippen LogP contribution in [0.5, 0.6) is 0 Å². The second-order valence-corrected chi connectivity index (χ2v) is 5.28. The third-order valence-electron chi connectivity index (χ3n) is 1.75. The zero-order valence-electron chi connectivity index (χ0n) is 7.20. The lowest BCUT2D eigenvalue weighted by atomic mass is 10.0. The van der Waals surface area contributed by atoms with Crippen LogP contribution in [0.3, 0.4) is 0 Å². The molecule has 70 valence electrons. The fourth-order valence-corrected chi connectivity index (χ4v) is 2.58. The van der Waals surface area contributed by atoms with E-state index < -0.39 is 16.1 Å². The van der Waals surface area contributed by atoms with Crippen molar-refractivity contribution in [3.05, 3.63) is 0 Å². The molecule has 1 atom stereocenters. The van der Waals surface area contributed by atoms with Gasteiger partial charge in [0.2, 0.25) is 10.0 Å². The fourth-order valence-electron chi connectivity index (χ4n) is 1.26. The molecule has 0 bridgehead atoms. The molecule has 0 radical (unpaired) electrons. The first-order valence-electron chi connectivity index (χ1n) is 3.93. The minimum absolute atomic E-state index is 0.205. The lowest BCUT2D eigenvalue weighted by Crippen LogP contribution is -2.30. The number of rotatable bonds is 2. The molecule has 0 aromatic carbocycles. The van der Waals surface area contributed by atoms with Crippen molar-refractivity contribution < 1.29 is 13.2 Å². The molecule has 5 heteroatoms. The Morgan fingerprint density at radius 3 is 2.50 bits per heavy atom. The van der Waals surface area contributed by atoms with E-state index in [2.05, 4.69) is 4.72 Å². The lowest BCUT2D eigenvalue weighted by molar-refractivity contribution is -0.117. The normalized spacial score (nSPS) is 28.2. The summed E-state index contributed by atoms with van der Waals surface area (Å²) in [6.45, 7) is 3.92. The Hall–Kier alpha value is -0.420. The molecule has 12 heavy (non-hydrogen) atoms. The van der Waals surface area contributed by atoms with Gasteiger partial charge in [-0.3, -0.25) is 4.79 Å². The summed E-state index contributed by atoms with van der Waals surface area (Å²) in [4.78, 5) is 11.1. The number of hydrogen-bond donors (Lipinski definition) is 1. The molecule has 0 unspecified atom stereocenters. The van der Waals surface area contributed by atoms with Gasteiger partial charge in [0.1, 0.15) is 5.75 Å². The van der Waals surface area contributed by atoms with Crippen molar-refractivity contribution in [1.82, 2.24) is 4.72 Å². The standard InChI is InChI=1S/C7H13NO3S/c1-5(2)3-6-7(9)4-12(10,11)8-6/h5-6,8H,3-4H2,1-2H3/t6-/m0/s1. The maximum Gasteiger partial charge on any atom is 0.219 e. The first-order chi connectivity index (χ1) is 5.41. The topological polar surface area (TPSA) is 63.2 Å². The van der Waals surface area contributed by atoms with Gasteiger partial charge in [-0.1, -0.05) is 13.8 Å². The number of carbonyl (C=O) groups excluding carboxylic acids is 1. The molecule has 0 amide bonds. The molecule has 0 aliphatic carbocycles. The van der Waals surface area contributed by atoms with Crippen LogP contribution in [0.4, 0.5) is 0 Å². The van der Waals surface area contributed by atoms with Gasteiger partial charge in [-0.2, -0.15) is 0 Å². The van der Waals surface area contributed by atoms with E-state index in [9.17, 15) is 13.2 Å². The zero-order valence-corrected chi connectivity index (χ0v) is 8.02. The predicted molar refractivity (Wildman–Crippen MR) is 45.2 cm³/mol. The highest BCUT2D eigenvalue weighted by molar-refractivity contribution is 7.90. The zero-order chi connectivity index (χ0) is 9.35. The number of carbonyl (C=O) groups is 1. The summed E-state index contributed by atoms with van der Waals surface area (Å²) in [6.07, 6.45) is 0.595. The first-order valence-corrected chi connectivity index (χ1v) is 5.58. The van der Waals surface area contributed by atoms with Crippen molar-refractivity contribution in [2.24, 2.45) is 5.92 Å². The molecule has 0 saturated carbocycles. The van der Waals surface area contributed by atoms with Gasteiger partial charge in [0, 0.05) is 0 Å². The Morgan fingerprint density at radius 2 is 2.17 bits per heavy atom. The molecule has 1 saturated heterocycles. The summed E-state index contributed by atoms with van der Waals surface area (Å²) in [7, 11) is -3.29. The van der Waals surface area contributed by atoms with Crippen LogP contribution in [0.2, 0.25) is 0 Å². The SMILES string of the molecule is CC(C)C[C@@H]1NS(=O)(=O)CC1=O. The van der Waals surface area contributed by atoms with Gasteiger partial charge < -0.3 is 0 Å². The van der Waals surface area contributed by atoms with Crippen LogP contribution in [-0.2, 0) is 14.8 Å². The van der Waals surface area contributed by atoms with Crippen molar-refractivity contribution in [1.29, 1.82) is 0 Å². The van der Waals surface area contributed by atoms with E-state index >= 15 is 0 Å². The van der Waals surface area contributed by atoms with E-state index in [1.165, 1.54) is 0 Å². The molecule has 4 nitrogen and oxygen atoms in total. The molecule has 1 aliphatic rings. The molecule has 0 aromatic heterocycles.